The van der Waals surface area contributed by atoms with E-state index in [-0.39, 0.29) is 23.8 Å². The zero-order valence-electron chi connectivity index (χ0n) is 15.7. The van der Waals surface area contributed by atoms with Gasteiger partial charge >= 0.3 is 0 Å². The summed E-state index contributed by atoms with van der Waals surface area (Å²) in [5.41, 5.74) is 0.818. The average molecular weight is 357 g/mol. The molecule has 3 rings (SSSR count). The molecule has 6 heteroatoms. The van der Waals surface area contributed by atoms with Crippen LogP contribution in [0.5, 0.6) is 0 Å². The third kappa shape index (κ3) is 3.89. The predicted molar refractivity (Wildman–Crippen MR) is 99.7 cm³/mol. The summed E-state index contributed by atoms with van der Waals surface area (Å²) in [7, 11) is 0. The highest BCUT2D eigenvalue weighted by Crippen LogP contribution is 2.30. The van der Waals surface area contributed by atoms with Crippen molar-refractivity contribution in [3.05, 3.63) is 35.9 Å². The number of carbonyl (C=O) groups is 2. The van der Waals surface area contributed by atoms with Crippen LogP contribution in [0.15, 0.2) is 35.5 Å². The van der Waals surface area contributed by atoms with Crippen molar-refractivity contribution >= 4 is 17.5 Å². The van der Waals surface area contributed by atoms with Gasteiger partial charge in [0.1, 0.15) is 0 Å². The molecule has 0 saturated carbocycles. The number of rotatable bonds is 4. The van der Waals surface area contributed by atoms with E-state index < -0.39 is 5.60 Å². The zero-order chi connectivity index (χ0) is 18.7. The Hall–Kier alpha value is -2.37. The smallest absolute Gasteiger partial charge is 0.269 e. The van der Waals surface area contributed by atoms with Crippen LogP contribution in [0.1, 0.15) is 45.6 Å². The van der Waals surface area contributed by atoms with Crippen molar-refractivity contribution < 1.29 is 14.4 Å². The van der Waals surface area contributed by atoms with Gasteiger partial charge in [-0.3, -0.25) is 9.59 Å². The molecule has 0 unspecified atom stereocenters. The first-order valence-electron chi connectivity index (χ1n) is 9.29. The molecule has 1 saturated heterocycles. The number of hydrogen-bond acceptors (Lipinski definition) is 4. The van der Waals surface area contributed by atoms with Crippen LogP contribution in [0.2, 0.25) is 0 Å². The number of oxime groups is 1. The summed E-state index contributed by atoms with van der Waals surface area (Å²) in [6, 6.07) is 9.92. The third-order valence-corrected chi connectivity index (χ3v) is 5.01. The van der Waals surface area contributed by atoms with Crippen LogP contribution in [-0.2, 0) is 14.4 Å². The van der Waals surface area contributed by atoms with E-state index in [0.29, 0.717) is 32.4 Å². The molecule has 1 N–H and O–H groups in total. The average Bonchev–Trinajstić information content (AvgIpc) is 3.05. The van der Waals surface area contributed by atoms with Crippen LogP contribution in [-0.4, -0.2) is 47.2 Å². The fourth-order valence-electron chi connectivity index (χ4n) is 3.52. The maximum absolute atomic E-state index is 13.0. The normalized spacial score (nSPS) is 23.5. The monoisotopic (exact) mass is 357 g/mol. The van der Waals surface area contributed by atoms with Crippen molar-refractivity contribution in [1.29, 1.82) is 0 Å². The zero-order valence-corrected chi connectivity index (χ0v) is 15.7. The minimum atomic E-state index is -0.960. The van der Waals surface area contributed by atoms with E-state index in [4.69, 9.17) is 4.84 Å². The van der Waals surface area contributed by atoms with Gasteiger partial charge in [0, 0.05) is 31.5 Å². The molecule has 0 bridgehead atoms. The molecule has 1 aromatic rings. The van der Waals surface area contributed by atoms with Crippen molar-refractivity contribution in [2.75, 3.05) is 13.1 Å². The SMILES string of the molecule is CC(C)NC(=O)C1CCN(C(=O)[C@@]2(C)CC(c3ccccc3)=NO2)CC1. The van der Waals surface area contributed by atoms with E-state index in [1.54, 1.807) is 6.92 Å². The summed E-state index contributed by atoms with van der Waals surface area (Å²) in [5, 5.41) is 7.11. The number of likely N-dealkylation sites (tertiary alicyclic amines) is 1. The van der Waals surface area contributed by atoms with Gasteiger partial charge in [0.2, 0.25) is 11.5 Å². The van der Waals surface area contributed by atoms with Crippen molar-refractivity contribution in [2.24, 2.45) is 11.1 Å². The van der Waals surface area contributed by atoms with Gasteiger partial charge in [-0.25, -0.2) is 0 Å². The Bertz CT molecular complexity index is 694. The van der Waals surface area contributed by atoms with Gasteiger partial charge in [0.15, 0.2) is 0 Å². The maximum Gasteiger partial charge on any atom is 0.269 e. The molecule has 0 radical (unpaired) electrons. The molecule has 1 atom stereocenters. The Balaban J connectivity index is 1.57. The first-order valence-corrected chi connectivity index (χ1v) is 9.29. The molecule has 0 aliphatic carbocycles. The topological polar surface area (TPSA) is 71.0 Å². The number of hydrogen-bond donors (Lipinski definition) is 1. The lowest BCUT2D eigenvalue weighted by molar-refractivity contribution is -0.155. The van der Waals surface area contributed by atoms with Crippen LogP contribution < -0.4 is 5.32 Å². The van der Waals surface area contributed by atoms with Crippen molar-refractivity contribution in [3.8, 4) is 0 Å². The molecule has 1 fully saturated rings. The van der Waals surface area contributed by atoms with E-state index in [9.17, 15) is 9.59 Å². The lowest BCUT2D eigenvalue weighted by Crippen LogP contribution is -2.51. The van der Waals surface area contributed by atoms with E-state index in [1.807, 2.05) is 49.1 Å². The van der Waals surface area contributed by atoms with E-state index in [0.717, 1.165) is 11.3 Å². The predicted octanol–water partition coefficient (Wildman–Crippen LogP) is 2.33. The summed E-state index contributed by atoms with van der Waals surface area (Å²) in [6.45, 7) is 6.87. The first-order chi connectivity index (χ1) is 12.4. The lowest BCUT2D eigenvalue weighted by Gasteiger charge is -2.35. The molecule has 1 aromatic carbocycles. The summed E-state index contributed by atoms with van der Waals surface area (Å²) in [6.07, 6.45) is 1.84. The number of benzene rings is 1. The molecule has 0 aromatic heterocycles. The molecular weight excluding hydrogens is 330 g/mol. The maximum atomic E-state index is 13.0. The molecule has 2 aliphatic rings. The van der Waals surface area contributed by atoms with Crippen LogP contribution >= 0.6 is 0 Å². The number of carbonyl (C=O) groups excluding carboxylic acids is 2. The van der Waals surface area contributed by atoms with E-state index in [1.165, 1.54) is 0 Å². The fourth-order valence-corrected chi connectivity index (χ4v) is 3.52. The molecular formula is C20H27N3O3. The molecule has 140 valence electrons. The van der Waals surface area contributed by atoms with Gasteiger partial charge in [0.25, 0.3) is 5.91 Å². The summed E-state index contributed by atoms with van der Waals surface area (Å²) in [4.78, 5) is 32.5. The number of nitrogens with one attached hydrogen (secondary N) is 1. The molecule has 2 aliphatic heterocycles. The van der Waals surface area contributed by atoms with Crippen LogP contribution in [0.4, 0.5) is 0 Å². The second kappa shape index (κ2) is 7.48. The first kappa shape index (κ1) is 18.4. The second-order valence-electron chi connectivity index (χ2n) is 7.63. The van der Waals surface area contributed by atoms with Gasteiger partial charge in [-0.15, -0.1) is 0 Å². The Labute approximate surface area is 154 Å². The Kier molecular flexibility index (Phi) is 5.30. The number of piperidine rings is 1. The summed E-state index contributed by atoms with van der Waals surface area (Å²) in [5.74, 6) is 0.0231. The summed E-state index contributed by atoms with van der Waals surface area (Å²) >= 11 is 0. The summed E-state index contributed by atoms with van der Waals surface area (Å²) < 4.78 is 0. The third-order valence-electron chi connectivity index (χ3n) is 5.01. The Morgan fingerprint density at radius 2 is 1.88 bits per heavy atom. The van der Waals surface area contributed by atoms with Crippen LogP contribution in [0.25, 0.3) is 0 Å². The molecule has 0 spiro atoms. The van der Waals surface area contributed by atoms with E-state index >= 15 is 0 Å². The van der Waals surface area contributed by atoms with Crippen molar-refractivity contribution in [3.63, 3.8) is 0 Å². The quantitative estimate of drug-likeness (QED) is 0.899. The number of nitrogens with zero attached hydrogens (tertiary/aromatic N) is 2. The van der Waals surface area contributed by atoms with Gasteiger partial charge in [-0.05, 0) is 39.2 Å². The Morgan fingerprint density at radius 3 is 2.50 bits per heavy atom. The fraction of sp³-hybridized carbons (Fsp3) is 0.550. The minimum Gasteiger partial charge on any atom is -0.379 e. The van der Waals surface area contributed by atoms with Gasteiger partial charge < -0.3 is 15.1 Å². The molecule has 2 heterocycles. The van der Waals surface area contributed by atoms with Gasteiger partial charge in [-0.2, -0.15) is 0 Å². The highest BCUT2D eigenvalue weighted by atomic mass is 16.7. The van der Waals surface area contributed by atoms with E-state index in [2.05, 4.69) is 10.5 Å². The number of amides is 2. The van der Waals surface area contributed by atoms with Gasteiger partial charge in [0.05, 0.1) is 5.71 Å². The standard InChI is InChI=1S/C20H27N3O3/c1-14(2)21-18(24)16-9-11-23(12-10-16)19(25)20(3)13-17(22-26-20)15-7-5-4-6-8-15/h4-8,14,16H,9-13H2,1-3H3,(H,21,24)/t20-/m1/s1. The van der Waals surface area contributed by atoms with Crippen LogP contribution in [0.3, 0.4) is 0 Å². The second-order valence-corrected chi connectivity index (χ2v) is 7.63. The molecule has 6 nitrogen and oxygen atoms in total. The van der Waals surface area contributed by atoms with Crippen molar-refractivity contribution in [1.82, 2.24) is 10.2 Å². The van der Waals surface area contributed by atoms with Gasteiger partial charge in [-0.1, -0.05) is 35.5 Å². The highest BCUT2D eigenvalue weighted by molar-refractivity contribution is 6.05. The molecule has 26 heavy (non-hydrogen) atoms. The minimum absolute atomic E-state index is 0.0186. The van der Waals surface area contributed by atoms with Crippen molar-refractivity contribution in [2.45, 2.75) is 51.7 Å². The lowest BCUT2D eigenvalue weighted by atomic mass is 9.91. The highest BCUT2D eigenvalue weighted by Gasteiger charge is 2.45. The van der Waals surface area contributed by atoms with Crippen LogP contribution in [0, 0.1) is 5.92 Å². The molecule has 2 amide bonds. The largest absolute Gasteiger partial charge is 0.379 e. The Morgan fingerprint density at radius 1 is 1.23 bits per heavy atom.